The molecule has 2 amide bonds. The van der Waals surface area contributed by atoms with Crippen molar-refractivity contribution in [2.45, 2.75) is 50.7 Å². The molecule has 1 aromatic rings. The number of hydrogen-bond donors (Lipinski definition) is 2. The van der Waals surface area contributed by atoms with Crippen LogP contribution < -0.4 is 4.74 Å². The number of likely N-dealkylation sites (N-methyl/N-ethyl adjacent to an activating group) is 1. The zero-order valence-electron chi connectivity index (χ0n) is 19.4. The van der Waals surface area contributed by atoms with Crippen LogP contribution in [0.1, 0.15) is 37.7 Å². The first kappa shape index (κ1) is 24.0. The zero-order chi connectivity index (χ0) is 23.4. The van der Waals surface area contributed by atoms with Crippen molar-refractivity contribution >= 4 is 11.8 Å². The van der Waals surface area contributed by atoms with Crippen LogP contribution in [0.4, 0.5) is 0 Å². The summed E-state index contributed by atoms with van der Waals surface area (Å²) in [6, 6.07) is 7.31. The van der Waals surface area contributed by atoms with Crippen LogP contribution in [0.25, 0.3) is 0 Å². The fourth-order valence-electron chi connectivity index (χ4n) is 5.43. The molecule has 2 atom stereocenters. The number of carbonyl (C=O) groups is 2. The molecular weight excluding hydrogens is 424 g/mol. The number of piperidine rings is 1. The van der Waals surface area contributed by atoms with E-state index in [1.54, 1.807) is 18.0 Å². The second-order valence-corrected chi connectivity index (χ2v) is 9.90. The highest BCUT2D eigenvalue weighted by Crippen LogP contribution is 2.39. The monoisotopic (exact) mass is 460 g/mol. The summed E-state index contributed by atoms with van der Waals surface area (Å²) in [6.07, 6.45) is 1.67. The summed E-state index contributed by atoms with van der Waals surface area (Å²) in [5.41, 5.74) is 0.404. The van der Waals surface area contributed by atoms with Crippen molar-refractivity contribution in [2.75, 3.05) is 46.5 Å². The maximum atomic E-state index is 13.0. The summed E-state index contributed by atoms with van der Waals surface area (Å²) >= 11 is 0. The highest BCUT2D eigenvalue weighted by molar-refractivity contribution is 5.79. The van der Waals surface area contributed by atoms with Crippen LogP contribution in [0, 0.1) is 11.3 Å². The van der Waals surface area contributed by atoms with Crippen LogP contribution in [0.15, 0.2) is 24.3 Å². The van der Waals surface area contributed by atoms with Crippen molar-refractivity contribution in [3.63, 3.8) is 0 Å². The average Bonchev–Trinajstić information content (AvgIpc) is 2.83. The number of aliphatic hydroxyl groups excluding tert-OH is 2. The molecule has 1 aromatic carbocycles. The fourth-order valence-corrected chi connectivity index (χ4v) is 5.43. The van der Waals surface area contributed by atoms with Crippen molar-refractivity contribution in [1.82, 2.24) is 9.80 Å². The molecule has 2 N–H and O–H groups in total. The first-order valence-electron chi connectivity index (χ1n) is 12.0. The lowest BCUT2D eigenvalue weighted by atomic mass is 9.72. The lowest BCUT2D eigenvalue weighted by Crippen LogP contribution is -2.52. The molecule has 1 spiro atoms. The minimum Gasteiger partial charge on any atom is -0.483 e. The summed E-state index contributed by atoms with van der Waals surface area (Å²) in [7, 11) is 1.76. The fraction of sp³-hybridized carbons (Fsp3) is 0.680. The van der Waals surface area contributed by atoms with Gasteiger partial charge in [0.05, 0.1) is 12.2 Å². The Morgan fingerprint density at radius 2 is 1.79 bits per heavy atom. The number of carbonyl (C=O) groups excluding carboxylic acids is 2. The van der Waals surface area contributed by atoms with Crippen molar-refractivity contribution in [3.8, 4) is 5.75 Å². The van der Waals surface area contributed by atoms with Gasteiger partial charge >= 0.3 is 0 Å². The Morgan fingerprint density at radius 1 is 1.09 bits per heavy atom. The molecule has 0 saturated carbocycles. The molecular formula is C25H36N2O6. The number of nitrogens with zero attached hydrogens (tertiary/aromatic N) is 2. The number of likely N-dealkylation sites (tertiary alicyclic amines) is 1. The lowest BCUT2D eigenvalue weighted by molar-refractivity contribution is -0.143. The van der Waals surface area contributed by atoms with Gasteiger partial charge in [-0.05, 0) is 49.1 Å². The van der Waals surface area contributed by atoms with E-state index in [2.05, 4.69) is 0 Å². The lowest BCUT2D eigenvalue weighted by Gasteiger charge is -2.46. The average molecular weight is 461 g/mol. The van der Waals surface area contributed by atoms with Gasteiger partial charge in [0, 0.05) is 52.2 Å². The van der Waals surface area contributed by atoms with Gasteiger partial charge in [0.2, 0.25) is 5.91 Å². The Bertz CT molecular complexity index is 832. The summed E-state index contributed by atoms with van der Waals surface area (Å²) < 4.78 is 11.2. The molecule has 0 bridgehead atoms. The minimum atomic E-state index is -0.936. The molecule has 0 radical (unpaired) electrons. The van der Waals surface area contributed by atoms with Crippen molar-refractivity contribution < 1.29 is 29.3 Å². The second-order valence-electron chi connectivity index (χ2n) is 9.90. The number of benzene rings is 1. The van der Waals surface area contributed by atoms with E-state index >= 15 is 0 Å². The molecule has 2 saturated heterocycles. The van der Waals surface area contributed by atoms with E-state index in [0.717, 1.165) is 18.4 Å². The standard InChI is InChI=1S/C25H36N2O6/c1-26-17-25(8-10-27(11-9-25)24(31)18-6-12-32-13-7-18)15-21(29)20(28)14-19-4-2-3-5-22(19)33-16-23(26)30/h2-5,18,20-21,28-29H,6-17H2,1H3/t20-,21+/m0/s1. The van der Waals surface area contributed by atoms with Gasteiger partial charge in [0.15, 0.2) is 6.61 Å². The molecule has 3 aliphatic heterocycles. The molecule has 8 nitrogen and oxygen atoms in total. The van der Waals surface area contributed by atoms with Crippen LogP contribution >= 0.6 is 0 Å². The summed E-state index contributed by atoms with van der Waals surface area (Å²) in [4.78, 5) is 29.4. The largest absolute Gasteiger partial charge is 0.483 e. The van der Waals surface area contributed by atoms with E-state index in [-0.39, 0.29) is 36.2 Å². The minimum absolute atomic E-state index is 0.0259. The number of rotatable bonds is 1. The summed E-state index contributed by atoms with van der Waals surface area (Å²) in [5, 5.41) is 21.7. The van der Waals surface area contributed by atoms with Gasteiger partial charge in [-0.25, -0.2) is 0 Å². The maximum Gasteiger partial charge on any atom is 0.260 e. The normalized spacial score (nSPS) is 27.3. The predicted molar refractivity (Wildman–Crippen MR) is 122 cm³/mol. The maximum absolute atomic E-state index is 13.0. The zero-order valence-corrected chi connectivity index (χ0v) is 19.4. The molecule has 3 aliphatic rings. The van der Waals surface area contributed by atoms with Crippen LogP contribution in [0.2, 0.25) is 0 Å². The van der Waals surface area contributed by atoms with Gasteiger partial charge in [-0.2, -0.15) is 0 Å². The van der Waals surface area contributed by atoms with Crippen LogP contribution in [0.3, 0.4) is 0 Å². The number of hydrogen-bond acceptors (Lipinski definition) is 6. The van der Waals surface area contributed by atoms with E-state index in [1.165, 1.54) is 0 Å². The number of fused-ring (bicyclic) bond motifs is 1. The van der Waals surface area contributed by atoms with Gasteiger partial charge in [-0.3, -0.25) is 9.59 Å². The first-order valence-corrected chi connectivity index (χ1v) is 12.0. The van der Waals surface area contributed by atoms with Gasteiger partial charge in [-0.1, -0.05) is 18.2 Å². The third kappa shape index (κ3) is 5.67. The molecule has 0 aliphatic carbocycles. The third-order valence-corrected chi connectivity index (χ3v) is 7.54. The van der Waals surface area contributed by atoms with Gasteiger partial charge in [0.25, 0.3) is 5.91 Å². The van der Waals surface area contributed by atoms with E-state index in [4.69, 9.17) is 9.47 Å². The molecule has 0 unspecified atom stereocenters. The number of aliphatic hydroxyl groups is 2. The van der Waals surface area contributed by atoms with Crippen molar-refractivity contribution in [2.24, 2.45) is 11.3 Å². The molecule has 2 fully saturated rings. The summed E-state index contributed by atoms with van der Waals surface area (Å²) in [6.45, 7) is 2.85. The SMILES string of the molecule is CN1CC2(CCN(C(=O)C3CCOCC3)CC2)C[C@@H](O)[C@@H](O)Cc2ccccc2OCC1=O. The van der Waals surface area contributed by atoms with E-state index in [1.807, 2.05) is 23.1 Å². The Morgan fingerprint density at radius 3 is 2.52 bits per heavy atom. The van der Waals surface area contributed by atoms with E-state index in [0.29, 0.717) is 57.9 Å². The van der Waals surface area contributed by atoms with E-state index < -0.39 is 12.2 Å². The highest BCUT2D eigenvalue weighted by atomic mass is 16.5. The molecule has 0 aromatic heterocycles. The number of ether oxygens (including phenoxy) is 2. The Hall–Kier alpha value is -2.16. The first-order chi connectivity index (χ1) is 15.9. The van der Waals surface area contributed by atoms with Crippen LogP contribution in [-0.2, 0) is 20.7 Å². The quantitative estimate of drug-likeness (QED) is 0.654. The van der Waals surface area contributed by atoms with Crippen molar-refractivity contribution in [1.29, 1.82) is 0 Å². The molecule has 33 heavy (non-hydrogen) atoms. The number of para-hydroxylation sites is 1. The molecule has 4 rings (SSSR count). The Labute approximate surface area is 195 Å². The topological polar surface area (TPSA) is 99.5 Å². The van der Waals surface area contributed by atoms with Crippen molar-refractivity contribution in [3.05, 3.63) is 29.8 Å². The highest BCUT2D eigenvalue weighted by Gasteiger charge is 2.41. The molecule has 8 heteroatoms. The summed E-state index contributed by atoms with van der Waals surface area (Å²) in [5.74, 6) is 0.649. The second kappa shape index (κ2) is 10.4. The smallest absolute Gasteiger partial charge is 0.260 e. The molecule has 182 valence electrons. The number of amides is 2. The Kier molecular flexibility index (Phi) is 7.56. The third-order valence-electron chi connectivity index (χ3n) is 7.54. The van der Waals surface area contributed by atoms with Gasteiger partial charge in [-0.15, -0.1) is 0 Å². The predicted octanol–water partition coefficient (Wildman–Crippen LogP) is 1.23. The van der Waals surface area contributed by atoms with E-state index in [9.17, 15) is 19.8 Å². The van der Waals surface area contributed by atoms with Crippen LogP contribution in [-0.4, -0.2) is 90.5 Å². The molecule has 3 heterocycles. The Balaban J connectivity index is 1.48. The van der Waals surface area contributed by atoms with Gasteiger partial charge < -0.3 is 29.5 Å². The van der Waals surface area contributed by atoms with Gasteiger partial charge in [0.1, 0.15) is 5.75 Å². The van der Waals surface area contributed by atoms with Crippen LogP contribution in [0.5, 0.6) is 5.75 Å².